The quantitative estimate of drug-likeness (QED) is 0.274. The molecule has 4 heteroatoms. The van der Waals surface area contributed by atoms with E-state index in [1.54, 1.807) is 0 Å². The number of hydrogen-bond acceptors (Lipinski definition) is 4. The first-order valence-electron chi connectivity index (χ1n) is 2.95. The van der Waals surface area contributed by atoms with E-state index in [1.165, 1.54) is 6.08 Å². The summed E-state index contributed by atoms with van der Waals surface area (Å²) < 4.78 is 0. The van der Waals surface area contributed by atoms with Gasteiger partial charge >= 0.3 is 0 Å². The van der Waals surface area contributed by atoms with E-state index < -0.39 is 0 Å². The van der Waals surface area contributed by atoms with Gasteiger partial charge in [0.1, 0.15) is 6.29 Å². The molecule has 3 nitrogen and oxygen atoms in total. The minimum Gasteiger partial charge on any atom is -0.303 e. The summed E-state index contributed by atoms with van der Waals surface area (Å²) in [6, 6.07) is 0. The molecule has 0 heterocycles. The molecule has 0 aromatic carbocycles. The third-order valence-electron chi connectivity index (χ3n) is 1.08. The first-order valence-corrected chi connectivity index (χ1v) is 3.58. The second-order valence-electron chi connectivity index (χ2n) is 1.84. The van der Waals surface area contributed by atoms with Crippen molar-refractivity contribution in [3.05, 3.63) is 0 Å². The monoisotopic (exact) mass is 159 g/mol. The van der Waals surface area contributed by atoms with E-state index in [4.69, 9.17) is 0 Å². The lowest BCUT2D eigenvalue weighted by atomic mass is 10.1. The summed E-state index contributed by atoms with van der Waals surface area (Å²) in [7, 11) is 0. The summed E-state index contributed by atoms with van der Waals surface area (Å²) in [6.07, 6.45) is 2.84. The molecule has 56 valence electrons. The first-order chi connectivity index (χ1) is 4.85. The maximum atomic E-state index is 10.2. The number of carbonyl (C=O) groups excluding carboxylic acids is 2. The Labute approximate surface area is 64.9 Å². The molecule has 0 aliphatic rings. The summed E-state index contributed by atoms with van der Waals surface area (Å²) in [4.78, 5) is 23.1. The lowest BCUT2D eigenvalue weighted by Gasteiger charge is -2.00. The Hall–Kier alpha value is -0.600. The fourth-order valence-electron chi connectivity index (χ4n) is 0.523. The maximum absolute atomic E-state index is 10.2. The fraction of sp³-hybridized carbons (Fsp3) is 0.667. The van der Waals surface area contributed by atoms with Gasteiger partial charge in [-0.25, -0.2) is 9.79 Å². The van der Waals surface area contributed by atoms with E-state index in [0.717, 1.165) is 6.29 Å². The van der Waals surface area contributed by atoms with Crippen molar-refractivity contribution in [1.29, 1.82) is 0 Å². The van der Waals surface area contributed by atoms with Gasteiger partial charge in [0.15, 0.2) is 0 Å². The summed E-state index contributed by atoms with van der Waals surface area (Å²) in [6.45, 7) is 0.244. The van der Waals surface area contributed by atoms with Gasteiger partial charge in [-0.3, -0.25) is 0 Å². The van der Waals surface area contributed by atoms with Crippen molar-refractivity contribution in [2.75, 3.05) is 12.3 Å². The highest BCUT2D eigenvalue weighted by Crippen LogP contribution is 2.00. The molecule has 0 aromatic rings. The smallest absolute Gasteiger partial charge is 0.234 e. The topological polar surface area (TPSA) is 46.5 Å². The predicted molar refractivity (Wildman–Crippen MR) is 41.0 cm³/mol. The number of nitrogens with zero attached hydrogens (tertiary/aromatic N) is 1. The third-order valence-corrected chi connectivity index (χ3v) is 1.34. The van der Waals surface area contributed by atoms with Crippen LogP contribution in [0.1, 0.15) is 6.42 Å². The van der Waals surface area contributed by atoms with Gasteiger partial charge in [-0.2, -0.15) is 12.6 Å². The Bertz CT molecular complexity index is 143. The first kappa shape index (κ1) is 9.40. The molecule has 0 bridgehead atoms. The van der Waals surface area contributed by atoms with E-state index in [9.17, 15) is 9.59 Å². The van der Waals surface area contributed by atoms with Crippen molar-refractivity contribution in [3.63, 3.8) is 0 Å². The molecule has 0 aliphatic carbocycles. The van der Waals surface area contributed by atoms with Crippen LogP contribution in [-0.4, -0.2) is 24.7 Å². The second kappa shape index (κ2) is 6.52. The molecule has 0 rings (SSSR count). The zero-order valence-corrected chi connectivity index (χ0v) is 6.38. The highest BCUT2D eigenvalue weighted by molar-refractivity contribution is 7.80. The molecule has 10 heavy (non-hydrogen) atoms. The van der Waals surface area contributed by atoms with Gasteiger partial charge in [-0.15, -0.1) is 0 Å². The Morgan fingerprint density at radius 3 is 2.80 bits per heavy atom. The summed E-state index contributed by atoms with van der Waals surface area (Å²) in [5.74, 6) is 0.469. The van der Waals surface area contributed by atoms with E-state index in [-0.39, 0.29) is 12.5 Å². The third kappa shape index (κ3) is 4.30. The van der Waals surface area contributed by atoms with Crippen LogP contribution in [0.15, 0.2) is 4.99 Å². The van der Waals surface area contributed by atoms with E-state index >= 15 is 0 Å². The molecule has 0 amide bonds. The molecule has 0 N–H and O–H groups in total. The Balaban J connectivity index is 3.58. The Morgan fingerprint density at radius 2 is 2.40 bits per heavy atom. The molecule has 0 radical (unpaired) electrons. The van der Waals surface area contributed by atoms with E-state index in [2.05, 4.69) is 17.6 Å². The molecular weight excluding hydrogens is 150 g/mol. The largest absolute Gasteiger partial charge is 0.303 e. The maximum Gasteiger partial charge on any atom is 0.234 e. The van der Waals surface area contributed by atoms with Gasteiger partial charge < -0.3 is 4.79 Å². The van der Waals surface area contributed by atoms with Crippen molar-refractivity contribution < 1.29 is 9.59 Å². The molecule has 0 saturated heterocycles. The number of aliphatic imine (C=N–C) groups is 1. The average Bonchev–Trinajstić information content (AvgIpc) is 1.98. The number of thiol groups is 1. The van der Waals surface area contributed by atoms with Crippen LogP contribution in [0.3, 0.4) is 0 Å². The van der Waals surface area contributed by atoms with Crippen LogP contribution in [0, 0.1) is 5.92 Å². The molecule has 0 fully saturated rings. The van der Waals surface area contributed by atoms with Crippen LogP contribution in [0.2, 0.25) is 0 Å². The fourth-order valence-corrected chi connectivity index (χ4v) is 0.854. The molecule has 1 unspecified atom stereocenters. The lowest BCUT2D eigenvalue weighted by molar-refractivity contribution is -0.110. The van der Waals surface area contributed by atoms with Crippen molar-refractivity contribution in [1.82, 2.24) is 0 Å². The van der Waals surface area contributed by atoms with Crippen LogP contribution in [-0.2, 0) is 9.59 Å². The van der Waals surface area contributed by atoms with Gasteiger partial charge in [-0.1, -0.05) is 0 Å². The van der Waals surface area contributed by atoms with Crippen molar-refractivity contribution in [2.24, 2.45) is 10.9 Å². The zero-order valence-electron chi connectivity index (χ0n) is 5.49. The second-order valence-corrected chi connectivity index (χ2v) is 2.29. The Morgan fingerprint density at radius 1 is 1.70 bits per heavy atom. The van der Waals surface area contributed by atoms with Crippen LogP contribution < -0.4 is 0 Å². The molecular formula is C6H9NO2S. The molecule has 0 aliphatic heterocycles. The van der Waals surface area contributed by atoms with Gasteiger partial charge in [0.2, 0.25) is 6.08 Å². The number of aldehydes is 1. The highest BCUT2D eigenvalue weighted by Gasteiger charge is 2.03. The minimum atomic E-state index is -0.168. The predicted octanol–water partition coefficient (Wildman–Crippen LogP) is 0.457. The van der Waals surface area contributed by atoms with Gasteiger partial charge in [-0.05, 0) is 12.2 Å². The summed E-state index contributed by atoms with van der Waals surface area (Å²) >= 11 is 3.94. The van der Waals surface area contributed by atoms with Crippen LogP contribution in [0.4, 0.5) is 0 Å². The van der Waals surface area contributed by atoms with Crippen LogP contribution in [0.5, 0.6) is 0 Å². The van der Waals surface area contributed by atoms with Crippen LogP contribution in [0.25, 0.3) is 0 Å². The molecule has 0 aromatic heterocycles. The standard InChI is InChI=1S/C6H9NO2S/c8-4-6(1-2-10)3-7-5-9/h4,6,10H,1-3H2. The molecule has 0 spiro atoms. The number of rotatable bonds is 5. The summed E-state index contributed by atoms with van der Waals surface area (Å²) in [5.41, 5.74) is 0. The van der Waals surface area contributed by atoms with E-state index in [0.29, 0.717) is 12.2 Å². The van der Waals surface area contributed by atoms with Crippen molar-refractivity contribution in [2.45, 2.75) is 6.42 Å². The van der Waals surface area contributed by atoms with Gasteiger partial charge in [0.05, 0.1) is 6.54 Å². The molecule has 1 atom stereocenters. The number of isocyanates is 1. The zero-order chi connectivity index (χ0) is 7.82. The summed E-state index contributed by atoms with van der Waals surface area (Å²) in [5, 5.41) is 0. The molecule has 0 saturated carbocycles. The average molecular weight is 159 g/mol. The van der Waals surface area contributed by atoms with E-state index in [1.807, 2.05) is 0 Å². The van der Waals surface area contributed by atoms with Crippen molar-refractivity contribution >= 4 is 25.0 Å². The number of carbonyl (C=O) groups is 1. The van der Waals surface area contributed by atoms with Crippen LogP contribution >= 0.6 is 12.6 Å². The lowest BCUT2D eigenvalue weighted by Crippen LogP contribution is -2.06. The highest BCUT2D eigenvalue weighted by atomic mass is 32.1. The van der Waals surface area contributed by atoms with Crippen molar-refractivity contribution in [3.8, 4) is 0 Å². The Kier molecular flexibility index (Phi) is 6.13. The SMILES string of the molecule is O=C=NCC(C=O)CCS. The van der Waals surface area contributed by atoms with Gasteiger partial charge in [0.25, 0.3) is 0 Å². The normalized spacial score (nSPS) is 11.7. The van der Waals surface area contributed by atoms with Gasteiger partial charge in [0, 0.05) is 5.92 Å². The minimum absolute atomic E-state index is 0.168. The number of hydrogen-bond donors (Lipinski definition) is 1.